The average molecular weight is 455 g/mol. The molecule has 0 aliphatic heterocycles. The molecule has 1 aromatic carbocycles. The van der Waals surface area contributed by atoms with Crippen LogP contribution in [0.3, 0.4) is 0 Å². The molecular weight excluding hydrogens is 436 g/mol. The molecule has 29 heavy (non-hydrogen) atoms. The Labute approximate surface area is 177 Å². The highest BCUT2D eigenvalue weighted by Gasteiger charge is 2.29. The maximum atomic E-state index is 13.1. The molecule has 7 nitrogen and oxygen atoms in total. The second kappa shape index (κ2) is 8.27. The molecule has 2 aromatic heterocycles. The second-order valence-electron chi connectivity index (χ2n) is 6.57. The number of nitrogens with zero attached hydrogens (tertiary/aromatic N) is 1. The number of sulfonamides is 1. The van der Waals surface area contributed by atoms with Crippen LogP contribution in [0.15, 0.2) is 39.1 Å². The maximum absolute atomic E-state index is 13.1. The van der Waals surface area contributed by atoms with Gasteiger partial charge in [-0.05, 0) is 42.0 Å². The number of ketones is 1. The molecule has 3 rings (SSSR count). The fraction of sp³-hybridized carbons (Fsp3) is 0.263. The minimum atomic E-state index is -4.10. The van der Waals surface area contributed by atoms with Gasteiger partial charge in [0, 0.05) is 5.92 Å². The van der Waals surface area contributed by atoms with Gasteiger partial charge in [-0.3, -0.25) is 4.79 Å². The van der Waals surface area contributed by atoms with E-state index in [2.05, 4.69) is 9.88 Å². The molecule has 0 aliphatic rings. The Hall–Kier alpha value is -2.20. The predicted molar refractivity (Wildman–Crippen MR) is 111 cm³/mol. The number of carbonyl (C=O) groups excluding carboxylic acids is 1. The van der Waals surface area contributed by atoms with Crippen LogP contribution in [-0.4, -0.2) is 24.5 Å². The first-order valence-corrected chi connectivity index (χ1v) is 11.4. The number of rotatable bonds is 7. The normalized spacial score (nSPS) is 12.7. The summed E-state index contributed by atoms with van der Waals surface area (Å²) >= 11 is 7.04. The van der Waals surface area contributed by atoms with Crippen LogP contribution < -0.4 is 4.72 Å². The van der Waals surface area contributed by atoms with Crippen LogP contribution >= 0.6 is 22.9 Å². The van der Waals surface area contributed by atoms with Gasteiger partial charge in [0.25, 0.3) is 15.9 Å². The predicted octanol–water partition coefficient (Wildman–Crippen LogP) is 4.29. The average Bonchev–Trinajstić information content (AvgIpc) is 3.30. The van der Waals surface area contributed by atoms with E-state index in [-0.39, 0.29) is 33.1 Å². The summed E-state index contributed by atoms with van der Waals surface area (Å²) < 4.78 is 32.8. The Morgan fingerprint density at radius 2 is 2.07 bits per heavy atom. The number of aliphatic hydroxyl groups is 1. The largest absolute Gasteiger partial charge is 0.392 e. The number of hydrogen-bond donors (Lipinski definition) is 2. The van der Waals surface area contributed by atoms with Crippen molar-refractivity contribution in [1.29, 1.82) is 0 Å². The van der Waals surface area contributed by atoms with Crippen molar-refractivity contribution in [2.75, 3.05) is 4.72 Å². The van der Waals surface area contributed by atoms with Crippen LogP contribution in [0, 0.1) is 13.8 Å². The maximum Gasteiger partial charge on any atom is 0.265 e. The van der Waals surface area contributed by atoms with E-state index in [0.717, 1.165) is 28.0 Å². The van der Waals surface area contributed by atoms with Gasteiger partial charge in [-0.1, -0.05) is 41.9 Å². The van der Waals surface area contributed by atoms with E-state index < -0.39 is 15.9 Å². The number of aromatic nitrogens is 1. The van der Waals surface area contributed by atoms with E-state index in [1.54, 1.807) is 37.4 Å². The highest BCUT2D eigenvalue weighted by Crippen LogP contribution is 2.33. The number of anilines is 1. The van der Waals surface area contributed by atoms with Crippen molar-refractivity contribution in [2.24, 2.45) is 0 Å². The van der Waals surface area contributed by atoms with Gasteiger partial charge in [0.1, 0.15) is 15.6 Å². The Balaban J connectivity index is 1.92. The minimum absolute atomic E-state index is 0.0599. The van der Waals surface area contributed by atoms with E-state index in [9.17, 15) is 18.3 Å². The standard InChI is InChI=1S/C19H19ClN2O5S2/c1-10-8-13(9-23)4-5-14(10)11(2)17(24)18-15(6-7-28-18)29(25,26)22-19-16(20)12(3)21-27-19/h4-8,11,22-23H,9H2,1-3H3. The molecule has 0 saturated carbocycles. The lowest BCUT2D eigenvalue weighted by Crippen LogP contribution is -2.17. The van der Waals surface area contributed by atoms with Gasteiger partial charge in [0.15, 0.2) is 5.78 Å². The fourth-order valence-corrected chi connectivity index (χ4v) is 5.58. The zero-order chi connectivity index (χ0) is 21.3. The monoisotopic (exact) mass is 454 g/mol. The van der Waals surface area contributed by atoms with E-state index in [1.165, 1.54) is 6.07 Å². The zero-order valence-corrected chi connectivity index (χ0v) is 18.3. The first kappa shape index (κ1) is 21.5. The van der Waals surface area contributed by atoms with E-state index in [4.69, 9.17) is 16.1 Å². The molecule has 2 heterocycles. The summed E-state index contributed by atoms with van der Waals surface area (Å²) in [4.78, 5) is 13.1. The molecule has 154 valence electrons. The van der Waals surface area contributed by atoms with Gasteiger partial charge >= 0.3 is 0 Å². The molecule has 1 atom stereocenters. The number of benzene rings is 1. The topological polar surface area (TPSA) is 110 Å². The van der Waals surface area contributed by atoms with Crippen molar-refractivity contribution >= 4 is 44.6 Å². The molecule has 0 radical (unpaired) electrons. The minimum Gasteiger partial charge on any atom is -0.392 e. The zero-order valence-electron chi connectivity index (χ0n) is 15.9. The van der Waals surface area contributed by atoms with Crippen molar-refractivity contribution in [2.45, 2.75) is 38.2 Å². The van der Waals surface area contributed by atoms with Crippen molar-refractivity contribution in [1.82, 2.24) is 5.16 Å². The smallest absolute Gasteiger partial charge is 0.265 e. The third-order valence-corrected chi connectivity index (χ3v) is 7.41. The number of halogens is 1. The highest BCUT2D eigenvalue weighted by molar-refractivity contribution is 7.93. The summed E-state index contributed by atoms with van der Waals surface area (Å²) in [6.45, 7) is 5.06. The van der Waals surface area contributed by atoms with Crippen LogP contribution in [-0.2, 0) is 16.6 Å². The van der Waals surface area contributed by atoms with Gasteiger partial charge < -0.3 is 9.63 Å². The van der Waals surface area contributed by atoms with Gasteiger partial charge in [-0.2, -0.15) is 0 Å². The third kappa shape index (κ3) is 4.23. The number of carbonyl (C=O) groups is 1. The molecule has 0 saturated heterocycles. The van der Waals surface area contributed by atoms with Crippen LogP contribution in [0.5, 0.6) is 0 Å². The SMILES string of the molecule is Cc1cc(CO)ccc1C(C)C(=O)c1sccc1S(=O)(=O)Nc1onc(C)c1Cl. The van der Waals surface area contributed by atoms with Gasteiger partial charge in [0.05, 0.1) is 11.5 Å². The molecule has 2 N–H and O–H groups in total. The molecule has 3 aromatic rings. The fourth-order valence-electron chi connectivity index (χ4n) is 2.95. The number of aliphatic hydroxyl groups excluding tert-OH is 1. The van der Waals surface area contributed by atoms with Crippen molar-refractivity contribution in [3.63, 3.8) is 0 Å². The number of thiophene rings is 1. The number of nitrogens with one attached hydrogen (secondary N) is 1. The lowest BCUT2D eigenvalue weighted by Gasteiger charge is -2.15. The second-order valence-corrected chi connectivity index (χ2v) is 9.51. The van der Waals surface area contributed by atoms with Crippen LogP contribution in [0.25, 0.3) is 0 Å². The Kier molecular flexibility index (Phi) is 6.13. The quantitative estimate of drug-likeness (QED) is 0.515. The lowest BCUT2D eigenvalue weighted by atomic mass is 9.91. The molecule has 0 aliphatic carbocycles. The van der Waals surface area contributed by atoms with E-state index in [1.807, 2.05) is 6.92 Å². The van der Waals surface area contributed by atoms with Gasteiger partial charge in [-0.25, -0.2) is 13.1 Å². The lowest BCUT2D eigenvalue weighted by molar-refractivity contribution is 0.0967. The van der Waals surface area contributed by atoms with Crippen LogP contribution in [0.4, 0.5) is 5.88 Å². The van der Waals surface area contributed by atoms with Gasteiger partial charge in [0.2, 0.25) is 0 Å². The number of Topliss-reactive ketones (excluding diaryl/α,β-unsaturated/α-hetero) is 1. The molecule has 0 amide bonds. The first-order valence-electron chi connectivity index (χ1n) is 8.62. The first-order chi connectivity index (χ1) is 13.7. The van der Waals surface area contributed by atoms with E-state index >= 15 is 0 Å². The summed E-state index contributed by atoms with van der Waals surface area (Å²) in [7, 11) is -4.10. The summed E-state index contributed by atoms with van der Waals surface area (Å²) in [6.07, 6.45) is 0. The highest BCUT2D eigenvalue weighted by atomic mass is 35.5. The number of hydrogen-bond acceptors (Lipinski definition) is 7. The van der Waals surface area contributed by atoms with Crippen molar-refractivity contribution in [3.8, 4) is 0 Å². The van der Waals surface area contributed by atoms with Gasteiger partial charge in [-0.15, -0.1) is 11.3 Å². The Bertz CT molecular complexity index is 1170. The molecule has 10 heteroatoms. The number of aryl methyl sites for hydroxylation is 2. The molecule has 0 bridgehead atoms. The molecular formula is C19H19ClN2O5S2. The third-order valence-electron chi connectivity index (χ3n) is 4.54. The molecule has 1 unspecified atom stereocenters. The van der Waals surface area contributed by atoms with E-state index in [0.29, 0.717) is 5.69 Å². The summed E-state index contributed by atoms with van der Waals surface area (Å²) in [5.74, 6) is -1.08. The molecule has 0 fully saturated rings. The summed E-state index contributed by atoms with van der Waals surface area (Å²) in [6, 6.07) is 6.70. The van der Waals surface area contributed by atoms with Crippen molar-refractivity contribution in [3.05, 3.63) is 61.9 Å². The Morgan fingerprint density at radius 3 is 2.66 bits per heavy atom. The van der Waals surface area contributed by atoms with Crippen LogP contribution in [0.2, 0.25) is 5.02 Å². The van der Waals surface area contributed by atoms with Crippen LogP contribution in [0.1, 0.15) is 44.9 Å². The van der Waals surface area contributed by atoms with Crippen molar-refractivity contribution < 1.29 is 22.8 Å². The summed E-state index contributed by atoms with van der Waals surface area (Å²) in [5.41, 5.74) is 2.71. The molecule has 0 spiro atoms. The summed E-state index contributed by atoms with van der Waals surface area (Å²) in [5, 5.41) is 14.5. The Morgan fingerprint density at radius 1 is 1.34 bits per heavy atom.